The van der Waals surface area contributed by atoms with E-state index in [1.807, 2.05) is 6.92 Å². The van der Waals surface area contributed by atoms with E-state index in [4.69, 9.17) is 17.3 Å². The predicted octanol–water partition coefficient (Wildman–Crippen LogP) is 2.38. The quantitative estimate of drug-likeness (QED) is 0.664. The Labute approximate surface area is 128 Å². The molecule has 0 spiro atoms. The molecule has 1 heterocycles. The van der Waals surface area contributed by atoms with Crippen molar-refractivity contribution in [2.45, 2.75) is 25.2 Å². The highest BCUT2D eigenvalue weighted by Gasteiger charge is 2.17. The van der Waals surface area contributed by atoms with Crippen molar-refractivity contribution in [3.8, 4) is 0 Å². The number of benzene rings is 1. The van der Waals surface area contributed by atoms with E-state index < -0.39 is 10.0 Å². The molecule has 0 saturated carbocycles. The van der Waals surface area contributed by atoms with Crippen LogP contribution in [-0.2, 0) is 16.4 Å². The van der Waals surface area contributed by atoms with E-state index in [2.05, 4.69) is 14.7 Å². The molecule has 0 saturated heterocycles. The van der Waals surface area contributed by atoms with Crippen LogP contribution in [0.3, 0.4) is 0 Å². The summed E-state index contributed by atoms with van der Waals surface area (Å²) >= 11 is 5.78. The number of sulfonamides is 1. The molecule has 6 nitrogen and oxygen atoms in total. The van der Waals surface area contributed by atoms with Crippen molar-refractivity contribution in [2.75, 3.05) is 10.5 Å². The van der Waals surface area contributed by atoms with Crippen molar-refractivity contribution >= 4 is 33.3 Å². The van der Waals surface area contributed by atoms with Crippen LogP contribution >= 0.6 is 11.6 Å². The topological polar surface area (TPSA) is 98.0 Å². The van der Waals surface area contributed by atoms with Crippen LogP contribution in [0.5, 0.6) is 0 Å². The number of halogens is 1. The minimum absolute atomic E-state index is 0.0541. The molecular formula is C13H15ClN4O2S. The highest BCUT2D eigenvalue weighted by atomic mass is 35.5. The van der Waals surface area contributed by atoms with Gasteiger partial charge in [-0.05, 0) is 37.1 Å². The van der Waals surface area contributed by atoms with E-state index in [1.165, 1.54) is 18.2 Å². The number of nitrogens with one attached hydrogen (secondary N) is 1. The summed E-state index contributed by atoms with van der Waals surface area (Å²) in [4.78, 5) is 7.87. The number of rotatable bonds is 4. The molecule has 0 fully saturated rings. The lowest BCUT2D eigenvalue weighted by atomic mass is 10.1. The number of aromatic nitrogens is 2. The molecule has 2 aromatic rings. The average Bonchev–Trinajstić information content (AvgIpc) is 2.36. The zero-order valence-corrected chi connectivity index (χ0v) is 13.2. The van der Waals surface area contributed by atoms with Gasteiger partial charge in [0, 0.05) is 11.4 Å². The van der Waals surface area contributed by atoms with Gasteiger partial charge in [0.25, 0.3) is 10.0 Å². The Morgan fingerprint density at radius 1 is 1.29 bits per heavy atom. The molecular weight excluding hydrogens is 312 g/mol. The lowest BCUT2D eigenvalue weighted by Gasteiger charge is -2.09. The summed E-state index contributed by atoms with van der Waals surface area (Å²) in [6.07, 6.45) is 0.732. The Morgan fingerprint density at radius 2 is 2.00 bits per heavy atom. The molecule has 0 amide bonds. The molecule has 0 unspecified atom stereocenters. The van der Waals surface area contributed by atoms with Gasteiger partial charge in [-0.25, -0.2) is 23.1 Å². The van der Waals surface area contributed by atoms with Gasteiger partial charge in [0.1, 0.15) is 5.15 Å². The van der Waals surface area contributed by atoms with Crippen molar-refractivity contribution in [2.24, 2.45) is 0 Å². The van der Waals surface area contributed by atoms with E-state index in [-0.39, 0.29) is 16.0 Å². The highest BCUT2D eigenvalue weighted by molar-refractivity contribution is 7.92. The fraction of sp³-hybridized carbons (Fsp3) is 0.231. The fourth-order valence-corrected chi connectivity index (χ4v) is 3.03. The Hall–Kier alpha value is -1.86. The first kappa shape index (κ1) is 15.5. The van der Waals surface area contributed by atoms with Crippen LogP contribution in [-0.4, -0.2) is 18.4 Å². The number of nitrogen functional groups attached to an aromatic ring is 1. The van der Waals surface area contributed by atoms with Crippen LogP contribution in [0.25, 0.3) is 0 Å². The SMILES string of the molecule is CCc1ccc(S(=O)(=O)Nc2nc(C)cc(Cl)n2)cc1N. The molecule has 0 radical (unpaired) electrons. The number of anilines is 2. The van der Waals surface area contributed by atoms with Gasteiger partial charge >= 0.3 is 0 Å². The predicted molar refractivity (Wildman–Crippen MR) is 82.8 cm³/mol. The van der Waals surface area contributed by atoms with E-state index >= 15 is 0 Å². The first-order valence-electron chi connectivity index (χ1n) is 6.24. The molecule has 8 heteroatoms. The van der Waals surface area contributed by atoms with Crippen LogP contribution in [0.1, 0.15) is 18.2 Å². The smallest absolute Gasteiger partial charge is 0.264 e. The van der Waals surface area contributed by atoms with Gasteiger partial charge in [-0.2, -0.15) is 0 Å². The van der Waals surface area contributed by atoms with Gasteiger partial charge in [0.15, 0.2) is 0 Å². The summed E-state index contributed by atoms with van der Waals surface area (Å²) in [6.45, 7) is 3.64. The van der Waals surface area contributed by atoms with Crippen LogP contribution in [0.2, 0.25) is 5.15 Å². The van der Waals surface area contributed by atoms with E-state index in [0.717, 1.165) is 12.0 Å². The normalized spacial score (nSPS) is 11.4. The lowest BCUT2D eigenvalue weighted by molar-refractivity contribution is 0.601. The van der Waals surface area contributed by atoms with E-state index in [9.17, 15) is 8.42 Å². The summed E-state index contributed by atoms with van der Waals surface area (Å²) in [5, 5.41) is 0.168. The Morgan fingerprint density at radius 3 is 2.57 bits per heavy atom. The zero-order chi connectivity index (χ0) is 15.6. The Balaban J connectivity index is 2.36. The minimum Gasteiger partial charge on any atom is -0.398 e. The second-order valence-corrected chi connectivity index (χ2v) is 6.54. The average molecular weight is 327 g/mol. The third-order valence-electron chi connectivity index (χ3n) is 2.86. The Bertz CT molecular complexity index is 757. The molecule has 1 aromatic heterocycles. The van der Waals surface area contributed by atoms with Gasteiger partial charge in [0.2, 0.25) is 5.95 Å². The maximum atomic E-state index is 12.3. The molecule has 0 atom stereocenters. The molecule has 0 aliphatic carbocycles. The van der Waals surface area contributed by atoms with E-state index in [1.54, 1.807) is 13.0 Å². The molecule has 0 aliphatic heterocycles. The molecule has 1 aromatic carbocycles. The monoisotopic (exact) mass is 326 g/mol. The zero-order valence-electron chi connectivity index (χ0n) is 11.6. The molecule has 3 N–H and O–H groups in total. The van der Waals surface area contributed by atoms with Crippen LogP contribution in [0, 0.1) is 6.92 Å². The van der Waals surface area contributed by atoms with Crippen molar-refractivity contribution in [3.05, 3.63) is 40.7 Å². The van der Waals surface area contributed by atoms with Crippen LogP contribution in [0.15, 0.2) is 29.2 Å². The lowest BCUT2D eigenvalue weighted by Crippen LogP contribution is -2.16. The standard InChI is InChI=1S/C13H15ClN4O2S/c1-3-9-4-5-10(7-11(9)15)21(19,20)18-13-16-8(2)6-12(14)17-13/h4-7H,3,15H2,1-2H3,(H,16,17,18). The van der Waals surface area contributed by atoms with Gasteiger partial charge in [-0.3, -0.25) is 0 Å². The summed E-state index contributed by atoms with van der Waals surface area (Å²) in [5.41, 5.74) is 7.72. The molecule has 0 bridgehead atoms. The van der Waals surface area contributed by atoms with Crippen molar-refractivity contribution < 1.29 is 8.42 Å². The summed E-state index contributed by atoms with van der Waals surface area (Å²) < 4.78 is 26.9. The van der Waals surface area contributed by atoms with Crippen molar-refractivity contribution in [3.63, 3.8) is 0 Å². The molecule has 112 valence electrons. The van der Waals surface area contributed by atoms with Crippen molar-refractivity contribution in [1.29, 1.82) is 0 Å². The maximum absolute atomic E-state index is 12.3. The second kappa shape index (κ2) is 5.87. The number of nitrogens with zero attached hydrogens (tertiary/aromatic N) is 2. The van der Waals surface area contributed by atoms with Gasteiger partial charge in [-0.1, -0.05) is 24.6 Å². The third-order valence-corrected chi connectivity index (χ3v) is 4.38. The molecule has 21 heavy (non-hydrogen) atoms. The van der Waals surface area contributed by atoms with Crippen LogP contribution in [0.4, 0.5) is 11.6 Å². The summed E-state index contributed by atoms with van der Waals surface area (Å²) in [5.74, 6) is -0.0712. The number of hydrogen-bond acceptors (Lipinski definition) is 5. The molecule has 2 rings (SSSR count). The minimum atomic E-state index is -3.81. The second-order valence-electron chi connectivity index (χ2n) is 4.48. The van der Waals surface area contributed by atoms with Crippen molar-refractivity contribution in [1.82, 2.24) is 9.97 Å². The first-order valence-corrected chi connectivity index (χ1v) is 8.10. The first-order chi connectivity index (χ1) is 9.81. The number of aryl methyl sites for hydroxylation is 2. The number of hydrogen-bond donors (Lipinski definition) is 2. The fourth-order valence-electron chi connectivity index (χ4n) is 1.82. The Kier molecular flexibility index (Phi) is 4.34. The third kappa shape index (κ3) is 3.62. The van der Waals surface area contributed by atoms with Crippen LogP contribution < -0.4 is 10.5 Å². The molecule has 0 aliphatic rings. The summed E-state index contributed by atoms with van der Waals surface area (Å²) in [7, 11) is -3.81. The number of nitrogens with two attached hydrogens (primary N) is 1. The van der Waals surface area contributed by atoms with Gasteiger partial charge in [-0.15, -0.1) is 0 Å². The van der Waals surface area contributed by atoms with Gasteiger partial charge < -0.3 is 5.73 Å². The largest absolute Gasteiger partial charge is 0.398 e. The van der Waals surface area contributed by atoms with E-state index in [0.29, 0.717) is 11.4 Å². The van der Waals surface area contributed by atoms with Gasteiger partial charge in [0.05, 0.1) is 4.90 Å². The maximum Gasteiger partial charge on any atom is 0.264 e. The summed E-state index contributed by atoms with van der Waals surface area (Å²) in [6, 6.07) is 6.13. The highest BCUT2D eigenvalue weighted by Crippen LogP contribution is 2.20.